The van der Waals surface area contributed by atoms with Crippen LogP contribution in [0.2, 0.25) is 0 Å². The van der Waals surface area contributed by atoms with Gasteiger partial charge < -0.3 is 21.3 Å². The van der Waals surface area contributed by atoms with E-state index in [4.69, 9.17) is 5.73 Å². The summed E-state index contributed by atoms with van der Waals surface area (Å²) in [7, 11) is 0. The molecular formula is C27H48N2O2. The molecule has 5 fully saturated rings. The largest absolute Gasteiger partial charge is 0.393 e. The molecule has 5 rings (SSSR count). The maximum atomic E-state index is 11.4. The molecule has 0 radical (unpaired) electrons. The van der Waals surface area contributed by atoms with Crippen molar-refractivity contribution < 1.29 is 10.2 Å². The highest BCUT2D eigenvalue weighted by Crippen LogP contribution is 2.68. The van der Waals surface area contributed by atoms with Gasteiger partial charge in [0.2, 0.25) is 0 Å². The maximum absolute atomic E-state index is 11.4. The average molecular weight is 433 g/mol. The van der Waals surface area contributed by atoms with Gasteiger partial charge in [0.15, 0.2) is 0 Å². The first kappa shape index (κ1) is 22.6. The molecule has 31 heavy (non-hydrogen) atoms. The highest BCUT2D eigenvalue weighted by Gasteiger charge is 2.63. The number of aliphatic hydroxyl groups excluding tert-OH is 2. The molecule has 5 N–H and O–H groups in total. The number of nitrogens with two attached hydrogens (primary N) is 1. The minimum Gasteiger partial charge on any atom is -0.393 e. The normalized spacial score (nSPS) is 58.2. The molecule has 0 unspecified atom stereocenters. The van der Waals surface area contributed by atoms with E-state index < -0.39 is 0 Å². The van der Waals surface area contributed by atoms with Gasteiger partial charge in [0.05, 0.1) is 12.2 Å². The quantitative estimate of drug-likeness (QED) is 0.533. The van der Waals surface area contributed by atoms with Crippen molar-refractivity contribution >= 4 is 0 Å². The van der Waals surface area contributed by atoms with Crippen molar-refractivity contribution in [3.63, 3.8) is 0 Å². The molecule has 4 nitrogen and oxygen atoms in total. The van der Waals surface area contributed by atoms with E-state index in [0.717, 1.165) is 37.1 Å². The zero-order chi connectivity index (χ0) is 22.1. The summed E-state index contributed by atoms with van der Waals surface area (Å²) in [6.45, 7) is 10.6. The Balaban J connectivity index is 1.38. The fourth-order valence-electron chi connectivity index (χ4n) is 10.2. The number of nitrogens with one attached hydrogen (secondary N) is 1. The molecule has 0 aromatic carbocycles. The second-order valence-electron chi connectivity index (χ2n) is 13.3. The Kier molecular flexibility index (Phi) is 5.81. The van der Waals surface area contributed by atoms with Gasteiger partial charge in [-0.15, -0.1) is 0 Å². The van der Waals surface area contributed by atoms with Crippen molar-refractivity contribution in [3.8, 4) is 0 Å². The Morgan fingerprint density at radius 2 is 1.65 bits per heavy atom. The summed E-state index contributed by atoms with van der Waals surface area (Å²) >= 11 is 0. The first-order valence-corrected chi connectivity index (χ1v) is 13.5. The zero-order valence-corrected chi connectivity index (χ0v) is 20.4. The van der Waals surface area contributed by atoms with E-state index in [2.05, 4.69) is 33.0 Å². The highest BCUT2D eigenvalue weighted by molar-refractivity contribution is 5.13. The molecule has 4 heteroatoms. The Morgan fingerprint density at radius 1 is 0.903 bits per heavy atom. The SMILES string of the molecule is C[C@H]1CN[C@H]([C@@H](C)[C@H]2[C@H](O)C[C@H]3[C@@H]4CC[C@H]5C[C@@H](N)CC[C@]5(C)[C@H]4CC[C@]23C)[C@@H](O)C1. The van der Waals surface area contributed by atoms with Crippen molar-refractivity contribution in [3.05, 3.63) is 0 Å². The van der Waals surface area contributed by atoms with Gasteiger partial charge >= 0.3 is 0 Å². The van der Waals surface area contributed by atoms with Crippen LogP contribution in [0.4, 0.5) is 0 Å². The second-order valence-corrected chi connectivity index (χ2v) is 13.3. The number of hydrogen-bond acceptors (Lipinski definition) is 4. The van der Waals surface area contributed by atoms with Gasteiger partial charge in [0, 0.05) is 12.1 Å². The number of hydrogen-bond donors (Lipinski definition) is 4. The lowest BCUT2D eigenvalue weighted by atomic mass is 9.44. The van der Waals surface area contributed by atoms with E-state index in [9.17, 15) is 10.2 Å². The average Bonchev–Trinajstić information content (AvgIpc) is 2.98. The molecule has 4 aliphatic carbocycles. The van der Waals surface area contributed by atoms with Crippen LogP contribution in [0.1, 0.15) is 85.5 Å². The van der Waals surface area contributed by atoms with E-state index in [1.54, 1.807) is 0 Å². The van der Waals surface area contributed by atoms with Gasteiger partial charge in [0.25, 0.3) is 0 Å². The van der Waals surface area contributed by atoms with Crippen molar-refractivity contribution in [2.75, 3.05) is 6.54 Å². The summed E-state index contributed by atoms with van der Waals surface area (Å²) in [6.07, 6.45) is 10.4. The number of aliphatic hydroxyl groups is 2. The summed E-state index contributed by atoms with van der Waals surface area (Å²) in [4.78, 5) is 0. The molecular weight excluding hydrogens is 384 g/mol. The minimum atomic E-state index is -0.286. The molecule has 0 aromatic rings. The summed E-state index contributed by atoms with van der Waals surface area (Å²) in [5, 5.41) is 25.9. The van der Waals surface area contributed by atoms with Gasteiger partial charge in [0.1, 0.15) is 0 Å². The maximum Gasteiger partial charge on any atom is 0.0698 e. The fourth-order valence-corrected chi connectivity index (χ4v) is 10.2. The molecule has 0 amide bonds. The number of fused-ring (bicyclic) bond motifs is 5. The third kappa shape index (κ3) is 3.45. The standard InChI is InChI=1S/C27H48N2O2/c1-15-11-23(31)25(29-14-15)16(2)24-22(30)13-21-19-6-5-17-12-18(28)7-9-26(17,3)20(19)8-10-27(21,24)4/h15-25,29-31H,5-14,28H2,1-4H3/t15-,16+,17+,18+,19-,20+,21+,22-,23+,24+,25-,26+,27+/m1/s1. The Labute approximate surface area is 190 Å². The van der Waals surface area contributed by atoms with Crippen molar-refractivity contribution in [1.82, 2.24) is 5.32 Å². The van der Waals surface area contributed by atoms with Crippen LogP contribution in [-0.4, -0.2) is 41.0 Å². The van der Waals surface area contributed by atoms with Crippen LogP contribution in [0.25, 0.3) is 0 Å². The summed E-state index contributed by atoms with van der Waals surface area (Å²) in [5.74, 6) is 4.18. The van der Waals surface area contributed by atoms with Gasteiger partial charge in [-0.05, 0) is 117 Å². The number of piperidine rings is 1. The van der Waals surface area contributed by atoms with Gasteiger partial charge in [-0.25, -0.2) is 0 Å². The Hall–Kier alpha value is -0.160. The molecule has 0 spiro atoms. The summed E-state index contributed by atoms with van der Waals surface area (Å²) < 4.78 is 0. The third-order valence-corrected chi connectivity index (χ3v) is 11.7. The van der Waals surface area contributed by atoms with Crippen LogP contribution in [-0.2, 0) is 0 Å². The summed E-state index contributed by atoms with van der Waals surface area (Å²) in [5.41, 5.74) is 7.05. The Bertz CT molecular complexity index is 672. The summed E-state index contributed by atoms with van der Waals surface area (Å²) in [6, 6.07) is 0.538. The zero-order valence-electron chi connectivity index (χ0n) is 20.4. The van der Waals surface area contributed by atoms with Crippen LogP contribution in [0.5, 0.6) is 0 Å². The predicted molar refractivity (Wildman–Crippen MR) is 125 cm³/mol. The van der Waals surface area contributed by atoms with Crippen LogP contribution in [0.3, 0.4) is 0 Å². The molecule has 1 saturated heterocycles. The molecule has 178 valence electrons. The Morgan fingerprint density at radius 3 is 2.39 bits per heavy atom. The van der Waals surface area contributed by atoms with E-state index in [-0.39, 0.29) is 23.7 Å². The first-order valence-electron chi connectivity index (χ1n) is 13.5. The molecule has 13 atom stereocenters. The van der Waals surface area contributed by atoms with E-state index >= 15 is 0 Å². The van der Waals surface area contributed by atoms with Crippen LogP contribution >= 0.6 is 0 Å². The highest BCUT2D eigenvalue weighted by atomic mass is 16.3. The van der Waals surface area contributed by atoms with Crippen LogP contribution < -0.4 is 11.1 Å². The molecule has 1 heterocycles. The smallest absolute Gasteiger partial charge is 0.0698 e. The lowest BCUT2D eigenvalue weighted by Crippen LogP contribution is -2.57. The number of rotatable bonds is 2. The van der Waals surface area contributed by atoms with Crippen LogP contribution in [0.15, 0.2) is 0 Å². The molecule has 5 aliphatic rings. The fraction of sp³-hybridized carbons (Fsp3) is 1.00. The van der Waals surface area contributed by atoms with Gasteiger partial charge in [-0.2, -0.15) is 0 Å². The van der Waals surface area contributed by atoms with Crippen molar-refractivity contribution in [1.29, 1.82) is 0 Å². The first-order chi connectivity index (χ1) is 14.6. The van der Waals surface area contributed by atoms with Gasteiger partial charge in [-0.3, -0.25) is 0 Å². The molecule has 1 aliphatic heterocycles. The molecule has 0 aromatic heterocycles. The third-order valence-electron chi connectivity index (χ3n) is 11.7. The topological polar surface area (TPSA) is 78.5 Å². The molecule has 0 bridgehead atoms. The predicted octanol–water partition coefficient (Wildman–Crippen LogP) is 3.94. The van der Waals surface area contributed by atoms with Crippen molar-refractivity contribution in [2.45, 2.75) is 110 Å². The lowest BCUT2D eigenvalue weighted by Gasteiger charge is -2.61. The second kappa shape index (κ2) is 7.96. The van der Waals surface area contributed by atoms with E-state index in [0.29, 0.717) is 35.1 Å². The van der Waals surface area contributed by atoms with Crippen LogP contribution in [0, 0.1) is 52.3 Å². The lowest BCUT2D eigenvalue weighted by molar-refractivity contribution is -0.120. The monoisotopic (exact) mass is 432 g/mol. The van der Waals surface area contributed by atoms with E-state index in [1.165, 1.54) is 44.9 Å². The molecule has 4 saturated carbocycles. The van der Waals surface area contributed by atoms with Crippen molar-refractivity contribution in [2.24, 2.45) is 58.0 Å². The van der Waals surface area contributed by atoms with Gasteiger partial charge in [-0.1, -0.05) is 27.7 Å². The minimum absolute atomic E-state index is 0.122. The van der Waals surface area contributed by atoms with E-state index in [1.807, 2.05) is 0 Å².